The Bertz CT molecular complexity index is 653. The highest BCUT2D eigenvalue weighted by molar-refractivity contribution is 6.32. The largest absolute Gasteiger partial charge is 0.491 e. The molecule has 7 nitrogen and oxygen atoms in total. The van der Waals surface area contributed by atoms with Crippen LogP contribution in [0.3, 0.4) is 0 Å². The van der Waals surface area contributed by atoms with E-state index in [4.69, 9.17) is 27.8 Å². The quantitative estimate of drug-likeness (QED) is 0.867. The van der Waals surface area contributed by atoms with Crippen molar-refractivity contribution >= 4 is 23.5 Å². The van der Waals surface area contributed by atoms with Gasteiger partial charge in [-0.1, -0.05) is 11.6 Å². The fourth-order valence-corrected chi connectivity index (χ4v) is 2.79. The van der Waals surface area contributed by atoms with Crippen LogP contribution in [-0.4, -0.2) is 45.9 Å². The number of aromatic nitrogens is 3. The van der Waals surface area contributed by atoms with Crippen LogP contribution in [0, 0.1) is 0 Å². The molecule has 0 spiro atoms. The molecule has 0 unspecified atom stereocenters. The van der Waals surface area contributed by atoms with Crippen LogP contribution < -0.4 is 16.2 Å². The fraction of sp³-hybridized carbons (Fsp3) is 0.429. The molecule has 2 heterocycles. The van der Waals surface area contributed by atoms with Crippen molar-refractivity contribution < 1.29 is 4.74 Å². The van der Waals surface area contributed by atoms with E-state index < -0.39 is 0 Å². The van der Waals surface area contributed by atoms with Gasteiger partial charge in [-0.15, -0.1) is 5.10 Å². The van der Waals surface area contributed by atoms with E-state index in [1.807, 2.05) is 6.07 Å². The first-order valence-electron chi connectivity index (χ1n) is 7.26. The topological polar surface area (TPSA) is 95.2 Å². The van der Waals surface area contributed by atoms with Crippen LogP contribution in [0.2, 0.25) is 5.02 Å². The Labute approximate surface area is 133 Å². The summed E-state index contributed by atoms with van der Waals surface area (Å²) in [4.78, 5) is 6.25. The lowest BCUT2D eigenvalue weighted by Crippen LogP contribution is -2.25. The van der Waals surface area contributed by atoms with E-state index >= 15 is 0 Å². The predicted molar refractivity (Wildman–Crippen MR) is 86.4 cm³/mol. The number of ether oxygens (including phenoxy) is 1. The van der Waals surface area contributed by atoms with Crippen LogP contribution in [0.15, 0.2) is 18.2 Å². The first-order valence-corrected chi connectivity index (χ1v) is 7.64. The van der Waals surface area contributed by atoms with Gasteiger partial charge in [-0.3, -0.25) is 4.90 Å². The average molecular weight is 323 g/mol. The first-order chi connectivity index (χ1) is 10.6. The van der Waals surface area contributed by atoms with Crippen molar-refractivity contribution in [2.24, 2.45) is 0 Å². The molecule has 0 amide bonds. The van der Waals surface area contributed by atoms with Gasteiger partial charge in [0.05, 0.1) is 10.7 Å². The zero-order valence-corrected chi connectivity index (χ0v) is 13.0. The molecule has 1 aliphatic heterocycles. The van der Waals surface area contributed by atoms with Crippen LogP contribution in [0.25, 0.3) is 5.69 Å². The molecular formula is C14H19ClN6O. The summed E-state index contributed by atoms with van der Waals surface area (Å²) in [5, 5.41) is 4.52. The summed E-state index contributed by atoms with van der Waals surface area (Å²) in [6.07, 6.45) is 2.55. The van der Waals surface area contributed by atoms with Gasteiger partial charge in [0.15, 0.2) is 0 Å². The van der Waals surface area contributed by atoms with Gasteiger partial charge in [0, 0.05) is 6.54 Å². The number of benzene rings is 1. The van der Waals surface area contributed by atoms with Gasteiger partial charge in [-0.05, 0) is 44.1 Å². The van der Waals surface area contributed by atoms with Gasteiger partial charge in [0.1, 0.15) is 12.4 Å². The van der Waals surface area contributed by atoms with Gasteiger partial charge in [-0.25, -0.2) is 0 Å². The number of hydrogen-bond acceptors (Lipinski definition) is 6. The number of hydrogen-bond donors (Lipinski definition) is 2. The number of halogens is 1. The van der Waals surface area contributed by atoms with Crippen molar-refractivity contribution in [1.82, 2.24) is 19.7 Å². The van der Waals surface area contributed by atoms with Crippen molar-refractivity contribution in [2.75, 3.05) is 37.7 Å². The number of rotatable bonds is 5. The standard InChI is InChI=1S/C14H19ClN6O/c15-11-9-10(21-14(17)18-13(16)19-21)3-4-12(11)22-8-7-20-5-1-2-6-20/h3-4,9H,1-2,5-8H2,(H4,16,17,18,19). The Balaban J connectivity index is 1.65. The summed E-state index contributed by atoms with van der Waals surface area (Å²) in [5.74, 6) is 0.993. The summed E-state index contributed by atoms with van der Waals surface area (Å²) in [7, 11) is 0. The second-order valence-corrected chi connectivity index (χ2v) is 5.66. The van der Waals surface area contributed by atoms with Gasteiger partial charge in [-0.2, -0.15) is 9.67 Å². The number of anilines is 2. The van der Waals surface area contributed by atoms with E-state index in [0.717, 1.165) is 19.6 Å². The monoisotopic (exact) mass is 322 g/mol. The van der Waals surface area contributed by atoms with Crippen molar-refractivity contribution in [2.45, 2.75) is 12.8 Å². The number of likely N-dealkylation sites (tertiary alicyclic amines) is 1. The molecule has 0 saturated carbocycles. The second-order valence-electron chi connectivity index (χ2n) is 5.25. The molecule has 8 heteroatoms. The van der Waals surface area contributed by atoms with Gasteiger partial charge in [0.2, 0.25) is 11.9 Å². The minimum absolute atomic E-state index is 0.125. The summed E-state index contributed by atoms with van der Waals surface area (Å²) >= 11 is 6.26. The maximum Gasteiger partial charge on any atom is 0.241 e. The third kappa shape index (κ3) is 3.26. The SMILES string of the molecule is Nc1nc(N)n(-c2ccc(OCCN3CCCC3)c(Cl)c2)n1. The lowest BCUT2D eigenvalue weighted by Gasteiger charge is -2.15. The third-order valence-electron chi connectivity index (χ3n) is 3.67. The Kier molecular flexibility index (Phi) is 4.35. The Morgan fingerprint density at radius 2 is 2.00 bits per heavy atom. The minimum atomic E-state index is 0.125. The van der Waals surface area contributed by atoms with E-state index in [9.17, 15) is 0 Å². The van der Waals surface area contributed by atoms with Gasteiger partial charge < -0.3 is 16.2 Å². The van der Waals surface area contributed by atoms with Crippen LogP contribution in [0.5, 0.6) is 5.75 Å². The van der Waals surface area contributed by atoms with E-state index in [1.54, 1.807) is 12.1 Å². The fourth-order valence-electron chi connectivity index (χ4n) is 2.56. The van der Waals surface area contributed by atoms with Crippen LogP contribution in [0.4, 0.5) is 11.9 Å². The van der Waals surface area contributed by atoms with Crippen molar-refractivity contribution in [3.63, 3.8) is 0 Å². The molecule has 1 aliphatic rings. The molecule has 0 atom stereocenters. The number of nitrogen functional groups attached to an aromatic ring is 2. The van der Waals surface area contributed by atoms with Crippen molar-refractivity contribution in [3.8, 4) is 11.4 Å². The lowest BCUT2D eigenvalue weighted by atomic mass is 10.3. The zero-order chi connectivity index (χ0) is 15.5. The molecule has 1 fully saturated rings. The number of nitrogens with two attached hydrogens (primary N) is 2. The van der Waals surface area contributed by atoms with Gasteiger partial charge >= 0.3 is 0 Å². The Hall–Kier alpha value is -1.99. The molecule has 3 rings (SSSR count). The molecular weight excluding hydrogens is 304 g/mol. The molecule has 1 aromatic heterocycles. The molecule has 2 aromatic rings. The zero-order valence-electron chi connectivity index (χ0n) is 12.2. The average Bonchev–Trinajstić information content (AvgIpc) is 3.10. The maximum absolute atomic E-state index is 6.26. The summed E-state index contributed by atoms with van der Waals surface area (Å²) < 4.78 is 7.19. The predicted octanol–water partition coefficient (Wildman–Crippen LogP) is 1.56. The Morgan fingerprint density at radius 3 is 2.64 bits per heavy atom. The van der Waals surface area contributed by atoms with Crippen molar-refractivity contribution in [3.05, 3.63) is 23.2 Å². The minimum Gasteiger partial charge on any atom is -0.491 e. The molecule has 4 N–H and O–H groups in total. The van der Waals surface area contributed by atoms with Crippen molar-refractivity contribution in [1.29, 1.82) is 0 Å². The molecule has 118 valence electrons. The number of nitrogens with zero attached hydrogens (tertiary/aromatic N) is 4. The molecule has 0 radical (unpaired) electrons. The van der Waals surface area contributed by atoms with E-state index in [1.165, 1.54) is 17.5 Å². The highest BCUT2D eigenvalue weighted by atomic mass is 35.5. The van der Waals surface area contributed by atoms with Crippen LogP contribution in [-0.2, 0) is 0 Å². The first kappa shape index (κ1) is 14.9. The molecule has 0 aliphatic carbocycles. The summed E-state index contributed by atoms with van der Waals surface area (Å²) in [5.41, 5.74) is 12.0. The normalized spacial score (nSPS) is 15.3. The second kappa shape index (κ2) is 6.41. The summed E-state index contributed by atoms with van der Waals surface area (Å²) in [6.45, 7) is 3.86. The summed E-state index contributed by atoms with van der Waals surface area (Å²) in [6, 6.07) is 5.36. The van der Waals surface area contributed by atoms with E-state index in [0.29, 0.717) is 23.1 Å². The molecule has 22 heavy (non-hydrogen) atoms. The third-order valence-corrected chi connectivity index (χ3v) is 3.97. The molecule has 1 aromatic carbocycles. The smallest absolute Gasteiger partial charge is 0.241 e. The molecule has 0 bridgehead atoms. The lowest BCUT2D eigenvalue weighted by molar-refractivity contribution is 0.238. The van der Waals surface area contributed by atoms with E-state index in [2.05, 4.69) is 15.0 Å². The van der Waals surface area contributed by atoms with Gasteiger partial charge in [0.25, 0.3) is 0 Å². The Morgan fingerprint density at radius 1 is 1.23 bits per heavy atom. The molecule has 1 saturated heterocycles. The van der Waals surface area contributed by atoms with E-state index in [-0.39, 0.29) is 11.9 Å². The highest BCUT2D eigenvalue weighted by Gasteiger charge is 2.12. The van der Waals surface area contributed by atoms with Crippen LogP contribution in [0.1, 0.15) is 12.8 Å². The highest BCUT2D eigenvalue weighted by Crippen LogP contribution is 2.27. The maximum atomic E-state index is 6.26. The van der Waals surface area contributed by atoms with Crippen LogP contribution >= 0.6 is 11.6 Å².